The molecular weight excluding hydrogens is 552 g/mol. The predicted octanol–water partition coefficient (Wildman–Crippen LogP) is 5.74. The van der Waals surface area contributed by atoms with E-state index in [1.165, 1.54) is 0 Å². The average Bonchev–Trinajstić information content (AvgIpc) is 3.18. The summed E-state index contributed by atoms with van der Waals surface area (Å²) < 4.78 is 33.6. The minimum absolute atomic E-state index is 0.0501. The van der Waals surface area contributed by atoms with Crippen LogP contribution >= 0.6 is 15.9 Å². The summed E-state index contributed by atoms with van der Waals surface area (Å²) >= 11 is 3.45. The Kier molecular flexibility index (Phi) is 8.75. The first-order chi connectivity index (χ1) is 18.3. The summed E-state index contributed by atoms with van der Waals surface area (Å²) in [6.45, 7) is 8.36. The van der Waals surface area contributed by atoms with Gasteiger partial charge in [0.15, 0.2) is 5.79 Å². The summed E-state index contributed by atoms with van der Waals surface area (Å²) in [6, 6.07) is 9.03. The molecule has 38 heavy (non-hydrogen) atoms. The van der Waals surface area contributed by atoms with Crippen molar-refractivity contribution in [1.82, 2.24) is 0 Å². The lowest BCUT2D eigenvalue weighted by Crippen LogP contribution is -2.61. The second-order valence-electron chi connectivity index (χ2n) is 11.3. The maximum absolute atomic E-state index is 12.8. The van der Waals surface area contributed by atoms with Crippen molar-refractivity contribution < 1.29 is 33.3 Å². The van der Waals surface area contributed by atoms with Crippen LogP contribution in [0.15, 0.2) is 41.4 Å². The van der Waals surface area contributed by atoms with Gasteiger partial charge < -0.3 is 28.5 Å². The van der Waals surface area contributed by atoms with Gasteiger partial charge in [-0.1, -0.05) is 54.6 Å². The summed E-state index contributed by atoms with van der Waals surface area (Å²) in [4.78, 5) is 24.0. The van der Waals surface area contributed by atoms with Crippen LogP contribution in [-0.2, 0) is 28.5 Å². The minimum atomic E-state index is -0.804. The average molecular weight is 592 g/mol. The molecule has 5 rings (SSSR count). The molecular formula is C30H39BrO7. The Morgan fingerprint density at radius 3 is 2.63 bits per heavy atom. The molecule has 0 spiro atoms. The lowest BCUT2D eigenvalue weighted by Gasteiger charge is -2.51. The number of hydrogen-bond donors (Lipinski definition) is 0. The number of hydrogen-bond acceptors (Lipinski definition) is 7. The quantitative estimate of drug-likeness (QED) is 0.254. The largest absolute Gasteiger partial charge is 0.458 e. The van der Waals surface area contributed by atoms with Gasteiger partial charge in [-0.2, -0.15) is 0 Å². The first-order valence-electron chi connectivity index (χ1n) is 14.0. The second-order valence-corrected chi connectivity index (χ2v) is 12.4. The van der Waals surface area contributed by atoms with Crippen LogP contribution in [0, 0.1) is 11.8 Å². The molecule has 0 saturated carbocycles. The molecule has 0 N–H and O–H groups in total. The number of carbonyl (C=O) groups excluding carboxylic acids is 2. The van der Waals surface area contributed by atoms with E-state index < -0.39 is 5.79 Å². The molecule has 4 saturated heterocycles. The van der Waals surface area contributed by atoms with E-state index in [0.29, 0.717) is 31.2 Å². The predicted molar refractivity (Wildman–Crippen MR) is 145 cm³/mol. The standard InChI is InChI=1S/C30H39BrO7/c1-4-23-26-25-18(2)17-30(37-25,38-27(23)28-24(36-26)11-10-21(34-28)13-15-32)14-12-22(16-19(3)31)35-29(33)20-8-6-5-7-9-20/h5-9,15,18,21-28H,3-4,10-14,16-17H2,1-2H3/t18?,21?,22-,23?,24?,25?,26+,27?,28-,30-/m0/s1. The molecule has 10 atom stereocenters. The Morgan fingerprint density at radius 2 is 1.92 bits per heavy atom. The number of carbonyl (C=O) groups is 2. The number of halogens is 1. The molecule has 1 aromatic rings. The van der Waals surface area contributed by atoms with Gasteiger partial charge in [-0.25, -0.2) is 4.79 Å². The zero-order chi connectivity index (χ0) is 26.9. The van der Waals surface area contributed by atoms with Crippen molar-refractivity contribution in [3.63, 3.8) is 0 Å². The minimum Gasteiger partial charge on any atom is -0.458 e. The van der Waals surface area contributed by atoms with Crippen molar-refractivity contribution in [2.24, 2.45) is 11.8 Å². The first-order valence-corrected chi connectivity index (χ1v) is 14.8. The van der Waals surface area contributed by atoms with Crippen LogP contribution in [-0.4, -0.2) is 60.8 Å². The molecule has 6 unspecified atom stereocenters. The van der Waals surface area contributed by atoms with E-state index in [0.717, 1.165) is 36.5 Å². The van der Waals surface area contributed by atoms with Crippen molar-refractivity contribution in [3.05, 3.63) is 47.0 Å². The molecule has 208 valence electrons. The normalized spacial score (nSPS) is 38.5. The van der Waals surface area contributed by atoms with Gasteiger partial charge in [0.25, 0.3) is 0 Å². The Bertz CT molecular complexity index is 1000. The molecule has 0 aliphatic carbocycles. The van der Waals surface area contributed by atoms with E-state index in [1.807, 2.05) is 18.2 Å². The van der Waals surface area contributed by atoms with Crippen molar-refractivity contribution >= 4 is 28.2 Å². The highest BCUT2D eigenvalue weighted by Crippen LogP contribution is 2.52. The van der Waals surface area contributed by atoms with Gasteiger partial charge in [0.05, 0.1) is 36.1 Å². The molecule has 4 fully saturated rings. The van der Waals surface area contributed by atoms with E-state index in [1.54, 1.807) is 12.1 Å². The van der Waals surface area contributed by atoms with Crippen LogP contribution in [0.3, 0.4) is 0 Å². The zero-order valence-electron chi connectivity index (χ0n) is 22.3. The van der Waals surface area contributed by atoms with E-state index in [2.05, 4.69) is 36.4 Å². The van der Waals surface area contributed by atoms with Crippen LogP contribution in [0.25, 0.3) is 0 Å². The fourth-order valence-corrected chi connectivity index (χ4v) is 7.22. The van der Waals surface area contributed by atoms with E-state index in [9.17, 15) is 9.59 Å². The fraction of sp³-hybridized carbons (Fsp3) is 0.667. The third-order valence-electron chi connectivity index (χ3n) is 8.62. The number of fused-ring (bicyclic) bond motifs is 7. The zero-order valence-corrected chi connectivity index (χ0v) is 23.8. The number of aldehydes is 1. The highest BCUT2D eigenvalue weighted by Gasteiger charge is 2.61. The van der Waals surface area contributed by atoms with Crippen LogP contribution in [0.2, 0.25) is 0 Å². The smallest absolute Gasteiger partial charge is 0.338 e. The molecule has 0 aromatic heterocycles. The summed E-state index contributed by atoms with van der Waals surface area (Å²) in [5.41, 5.74) is 0.523. The fourth-order valence-electron chi connectivity index (χ4n) is 6.86. The highest BCUT2D eigenvalue weighted by atomic mass is 79.9. The van der Waals surface area contributed by atoms with Gasteiger partial charge >= 0.3 is 5.97 Å². The molecule has 8 heteroatoms. The maximum Gasteiger partial charge on any atom is 0.338 e. The Morgan fingerprint density at radius 1 is 1.16 bits per heavy atom. The van der Waals surface area contributed by atoms with Crippen molar-refractivity contribution in [2.75, 3.05) is 0 Å². The van der Waals surface area contributed by atoms with Crippen LogP contribution in [0.4, 0.5) is 0 Å². The van der Waals surface area contributed by atoms with E-state index in [4.69, 9.17) is 23.7 Å². The third-order valence-corrected chi connectivity index (χ3v) is 8.94. The SMILES string of the molecule is C=C(Br)C[C@H](CC[C@]12CC(C)C(O1)[C@@H]1OC3CCC(CC=O)O[C@@H]3C(O2)C1CC)OC(=O)c1ccccc1. The van der Waals surface area contributed by atoms with Crippen LogP contribution in [0.1, 0.15) is 75.6 Å². The van der Waals surface area contributed by atoms with E-state index in [-0.39, 0.29) is 60.5 Å². The lowest BCUT2D eigenvalue weighted by molar-refractivity contribution is -0.291. The topological polar surface area (TPSA) is 80.3 Å². The number of ether oxygens (including phenoxy) is 5. The monoisotopic (exact) mass is 590 g/mol. The molecule has 7 nitrogen and oxygen atoms in total. The van der Waals surface area contributed by atoms with Crippen molar-refractivity contribution in [1.29, 1.82) is 0 Å². The van der Waals surface area contributed by atoms with Gasteiger partial charge in [0, 0.05) is 31.6 Å². The van der Waals surface area contributed by atoms with Crippen molar-refractivity contribution in [2.45, 2.75) is 114 Å². The maximum atomic E-state index is 12.8. The van der Waals surface area contributed by atoms with Gasteiger partial charge in [-0.3, -0.25) is 0 Å². The second kappa shape index (κ2) is 11.9. The Labute approximate surface area is 233 Å². The summed E-state index contributed by atoms with van der Waals surface area (Å²) in [7, 11) is 0. The molecule has 4 heterocycles. The Hall–Kier alpha value is -1.58. The number of benzene rings is 1. The van der Waals surface area contributed by atoms with Gasteiger partial charge in [0.1, 0.15) is 18.5 Å². The molecule has 0 amide bonds. The first kappa shape index (κ1) is 28.0. The lowest BCUT2D eigenvalue weighted by atomic mass is 9.76. The molecule has 1 aromatic carbocycles. The summed E-state index contributed by atoms with van der Waals surface area (Å²) in [6.07, 6.45) is 5.25. The van der Waals surface area contributed by atoms with Gasteiger partial charge in [-0.05, 0) is 48.2 Å². The van der Waals surface area contributed by atoms with Gasteiger partial charge in [0.2, 0.25) is 0 Å². The summed E-state index contributed by atoms with van der Waals surface area (Å²) in [5.74, 6) is -0.733. The highest BCUT2D eigenvalue weighted by molar-refractivity contribution is 9.11. The number of rotatable bonds is 10. The van der Waals surface area contributed by atoms with Gasteiger partial charge in [-0.15, -0.1) is 0 Å². The number of esters is 1. The van der Waals surface area contributed by atoms with E-state index >= 15 is 0 Å². The third kappa shape index (κ3) is 5.80. The molecule has 4 aliphatic heterocycles. The molecule has 4 bridgehead atoms. The van der Waals surface area contributed by atoms with Crippen molar-refractivity contribution in [3.8, 4) is 0 Å². The van der Waals surface area contributed by atoms with Crippen LogP contribution < -0.4 is 0 Å². The Balaban J connectivity index is 1.35. The molecule has 0 radical (unpaired) electrons. The summed E-state index contributed by atoms with van der Waals surface area (Å²) in [5, 5.41) is 0. The molecule has 4 aliphatic rings. The van der Waals surface area contributed by atoms with Crippen LogP contribution in [0.5, 0.6) is 0 Å².